The van der Waals surface area contributed by atoms with Crippen molar-refractivity contribution in [3.63, 3.8) is 0 Å². The highest BCUT2D eigenvalue weighted by Crippen LogP contribution is 2.29. The monoisotopic (exact) mass is 466 g/mol. The molecule has 166 valence electrons. The van der Waals surface area contributed by atoms with Crippen LogP contribution < -0.4 is 14.8 Å². The van der Waals surface area contributed by atoms with E-state index in [1.165, 1.54) is 48.9 Å². The van der Waals surface area contributed by atoms with Crippen LogP contribution in [-0.2, 0) is 10.0 Å². The SMILES string of the molecule is COc1ccc(S(=O)(=O)N2CCN(C(=S)Nc3ccc([N+](=O)[O-])cc3OC)CC2)cc1. The lowest BCUT2D eigenvalue weighted by Crippen LogP contribution is -2.51. The number of sulfonamides is 1. The van der Waals surface area contributed by atoms with Crippen molar-refractivity contribution in [3.05, 3.63) is 52.6 Å². The maximum atomic E-state index is 12.9. The fraction of sp³-hybridized carbons (Fsp3) is 0.316. The summed E-state index contributed by atoms with van der Waals surface area (Å²) in [7, 11) is -0.682. The molecule has 2 aromatic rings. The van der Waals surface area contributed by atoms with Gasteiger partial charge >= 0.3 is 0 Å². The summed E-state index contributed by atoms with van der Waals surface area (Å²) in [4.78, 5) is 12.5. The van der Waals surface area contributed by atoms with Crippen LogP contribution in [0.25, 0.3) is 0 Å². The average Bonchev–Trinajstić information content (AvgIpc) is 2.79. The summed E-state index contributed by atoms with van der Waals surface area (Å²) in [6, 6.07) is 10.4. The number of ether oxygens (including phenoxy) is 2. The normalized spacial score (nSPS) is 14.7. The molecule has 1 saturated heterocycles. The van der Waals surface area contributed by atoms with Crippen LogP contribution in [0.1, 0.15) is 0 Å². The minimum Gasteiger partial charge on any atom is -0.497 e. The van der Waals surface area contributed by atoms with E-state index in [2.05, 4.69) is 5.32 Å². The minimum absolute atomic E-state index is 0.0920. The van der Waals surface area contributed by atoms with Crippen molar-refractivity contribution < 1.29 is 22.8 Å². The second-order valence-corrected chi connectivity index (χ2v) is 8.96. The number of non-ortho nitro benzene ring substituents is 1. The van der Waals surface area contributed by atoms with Crippen molar-refractivity contribution in [1.82, 2.24) is 9.21 Å². The van der Waals surface area contributed by atoms with Gasteiger partial charge in [0.2, 0.25) is 10.0 Å². The molecule has 10 nitrogen and oxygen atoms in total. The molecule has 12 heteroatoms. The zero-order chi connectivity index (χ0) is 22.6. The van der Waals surface area contributed by atoms with Crippen LogP contribution in [0.15, 0.2) is 47.4 Å². The highest BCUT2D eigenvalue weighted by atomic mass is 32.2. The van der Waals surface area contributed by atoms with Gasteiger partial charge in [-0.1, -0.05) is 0 Å². The topological polar surface area (TPSA) is 114 Å². The predicted octanol–water partition coefficient (Wildman–Crippen LogP) is 2.32. The standard InChI is InChI=1S/C19H22N4O6S2/c1-28-15-4-6-16(7-5-15)31(26,27)22-11-9-21(10-12-22)19(30)20-17-8-3-14(23(24)25)13-18(17)29-2/h3-8,13H,9-12H2,1-2H3,(H,20,30). The van der Waals surface area contributed by atoms with E-state index in [0.717, 1.165) is 0 Å². The van der Waals surface area contributed by atoms with Crippen molar-refractivity contribution in [2.75, 3.05) is 45.7 Å². The summed E-state index contributed by atoms with van der Waals surface area (Å²) in [6.07, 6.45) is 0. The molecule has 0 bridgehead atoms. The molecule has 0 amide bonds. The molecule has 0 atom stereocenters. The number of nitro benzene ring substituents is 1. The van der Waals surface area contributed by atoms with E-state index in [9.17, 15) is 18.5 Å². The highest BCUT2D eigenvalue weighted by molar-refractivity contribution is 7.89. The molecule has 0 aliphatic carbocycles. The fourth-order valence-electron chi connectivity index (χ4n) is 3.12. The van der Waals surface area contributed by atoms with Gasteiger partial charge in [0.05, 0.1) is 35.8 Å². The summed E-state index contributed by atoms with van der Waals surface area (Å²) in [6.45, 7) is 1.34. The van der Waals surface area contributed by atoms with Gasteiger partial charge < -0.3 is 19.7 Å². The number of rotatable bonds is 6. The number of nitro groups is 1. The zero-order valence-electron chi connectivity index (χ0n) is 17.0. The molecule has 1 aliphatic rings. The summed E-state index contributed by atoms with van der Waals surface area (Å²) in [5.74, 6) is 0.874. The van der Waals surface area contributed by atoms with Crippen LogP contribution in [0, 0.1) is 10.1 Å². The van der Waals surface area contributed by atoms with Crippen molar-refractivity contribution in [3.8, 4) is 11.5 Å². The summed E-state index contributed by atoms with van der Waals surface area (Å²) in [5, 5.41) is 14.3. The van der Waals surface area contributed by atoms with Crippen molar-refractivity contribution >= 4 is 38.7 Å². The number of nitrogens with zero attached hydrogens (tertiary/aromatic N) is 3. The number of hydrogen-bond donors (Lipinski definition) is 1. The third kappa shape index (κ3) is 5.03. The Labute approximate surface area is 185 Å². The van der Waals surface area contributed by atoms with Gasteiger partial charge in [-0.3, -0.25) is 10.1 Å². The van der Waals surface area contributed by atoms with Gasteiger partial charge in [0.1, 0.15) is 11.5 Å². The van der Waals surface area contributed by atoms with Gasteiger partial charge in [-0.2, -0.15) is 4.31 Å². The Hall–Kier alpha value is -2.96. The number of anilines is 1. The molecule has 1 heterocycles. The molecular weight excluding hydrogens is 444 g/mol. The summed E-state index contributed by atoms with van der Waals surface area (Å²) in [5.41, 5.74) is 0.400. The molecule has 0 saturated carbocycles. The Morgan fingerprint density at radius 3 is 2.26 bits per heavy atom. The maximum Gasteiger partial charge on any atom is 0.273 e. The number of piperazine rings is 1. The van der Waals surface area contributed by atoms with Crippen LogP contribution in [-0.4, -0.2) is 68.1 Å². The van der Waals surface area contributed by atoms with E-state index in [0.29, 0.717) is 29.6 Å². The number of benzene rings is 2. The molecule has 2 aromatic carbocycles. The highest BCUT2D eigenvalue weighted by Gasteiger charge is 2.29. The van der Waals surface area contributed by atoms with E-state index in [4.69, 9.17) is 21.7 Å². The fourth-order valence-corrected chi connectivity index (χ4v) is 4.83. The first-order valence-corrected chi connectivity index (χ1v) is 11.1. The van der Waals surface area contributed by atoms with Gasteiger partial charge in [0.15, 0.2) is 5.11 Å². The van der Waals surface area contributed by atoms with E-state index in [1.807, 2.05) is 4.90 Å². The first-order valence-electron chi connectivity index (χ1n) is 9.29. The Morgan fingerprint density at radius 1 is 1.06 bits per heavy atom. The van der Waals surface area contributed by atoms with Gasteiger partial charge in [-0.05, 0) is 42.5 Å². The molecule has 3 rings (SSSR count). The minimum atomic E-state index is -3.62. The number of hydrogen-bond acceptors (Lipinski definition) is 7. The molecule has 1 N–H and O–H groups in total. The van der Waals surface area contributed by atoms with Gasteiger partial charge in [-0.15, -0.1) is 0 Å². The van der Waals surface area contributed by atoms with Gasteiger partial charge in [-0.25, -0.2) is 8.42 Å². The van der Waals surface area contributed by atoms with E-state index < -0.39 is 14.9 Å². The largest absolute Gasteiger partial charge is 0.497 e. The number of thiocarbonyl (C=S) groups is 1. The molecular formula is C19H22N4O6S2. The quantitative estimate of drug-likeness (QED) is 0.389. The molecule has 1 fully saturated rings. The third-order valence-corrected chi connectivity index (χ3v) is 7.13. The lowest BCUT2D eigenvalue weighted by Gasteiger charge is -2.35. The van der Waals surface area contributed by atoms with E-state index in [-0.39, 0.29) is 29.4 Å². The van der Waals surface area contributed by atoms with Crippen LogP contribution in [0.2, 0.25) is 0 Å². The third-order valence-electron chi connectivity index (χ3n) is 4.86. The smallest absolute Gasteiger partial charge is 0.273 e. The molecule has 0 aromatic heterocycles. The Bertz CT molecular complexity index is 1070. The lowest BCUT2D eigenvalue weighted by molar-refractivity contribution is -0.384. The molecule has 31 heavy (non-hydrogen) atoms. The van der Waals surface area contributed by atoms with E-state index >= 15 is 0 Å². The second-order valence-electron chi connectivity index (χ2n) is 6.64. The first-order chi connectivity index (χ1) is 14.8. The van der Waals surface area contributed by atoms with E-state index in [1.54, 1.807) is 12.1 Å². The zero-order valence-corrected chi connectivity index (χ0v) is 18.6. The van der Waals surface area contributed by atoms with Crippen molar-refractivity contribution in [1.29, 1.82) is 0 Å². The molecule has 1 aliphatic heterocycles. The van der Waals surface area contributed by atoms with Crippen molar-refractivity contribution in [2.24, 2.45) is 0 Å². The van der Waals surface area contributed by atoms with Crippen LogP contribution in [0.5, 0.6) is 11.5 Å². The molecule has 0 spiro atoms. The summed E-state index contributed by atoms with van der Waals surface area (Å²) < 4.78 is 37.4. The Balaban J connectivity index is 1.64. The Kier molecular flexibility index (Phi) is 6.93. The summed E-state index contributed by atoms with van der Waals surface area (Å²) >= 11 is 5.44. The van der Waals surface area contributed by atoms with Crippen LogP contribution >= 0.6 is 12.2 Å². The predicted molar refractivity (Wildman–Crippen MR) is 119 cm³/mol. The molecule has 0 unspecified atom stereocenters. The maximum absolute atomic E-state index is 12.9. The van der Waals surface area contributed by atoms with Crippen LogP contribution in [0.3, 0.4) is 0 Å². The van der Waals surface area contributed by atoms with Gasteiger partial charge in [0, 0.05) is 32.2 Å². The number of nitrogens with one attached hydrogen (secondary N) is 1. The molecule has 0 radical (unpaired) electrons. The lowest BCUT2D eigenvalue weighted by atomic mass is 10.2. The second kappa shape index (κ2) is 9.45. The average molecular weight is 467 g/mol. The van der Waals surface area contributed by atoms with Gasteiger partial charge in [0.25, 0.3) is 5.69 Å². The first kappa shape index (κ1) is 22.7. The van der Waals surface area contributed by atoms with Crippen molar-refractivity contribution in [2.45, 2.75) is 4.90 Å². The number of methoxy groups -OCH3 is 2. The Morgan fingerprint density at radius 2 is 1.71 bits per heavy atom. The van der Waals surface area contributed by atoms with Crippen LogP contribution in [0.4, 0.5) is 11.4 Å².